The number of aromatic nitrogens is 1. The number of nitrogens with zero attached hydrogens (tertiary/aromatic N) is 2. The lowest BCUT2D eigenvalue weighted by Gasteiger charge is -2.34. The number of para-hydroxylation sites is 1. The van der Waals surface area contributed by atoms with E-state index in [-0.39, 0.29) is 12.1 Å². The summed E-state index contributed by atoms with van der Waals surface area (Å²) in [5, 5.41) is 6.05. The highest BCUT2D eigenvalue weighted by atomic mass is 16.5. The van der Waals surface area contributed by atoms with Crippen molar-refractivity contribution in [2.75, 3.05) is 24.6 Å². The summed E-state index contributed by atoms with van der Waals surface area (Å²) in [7, 11) is 0. The molecule has 1 aromatic carbocycles. The molecule has 1 saturated carbocycles. The largest absolute Gasteiger partial charge is 0.477 e. The van der Waals surface area contributed by atoms with Crippen molar-refractivity contribution in [1.82, 2.24) is 15.6 Å². The number of pyridine rings is 1. The lowest BCUT2D eigenvalue weighted by molar-refractivity contribution is 0.234. The third-order valence-corrected chi connectivity index (χ3v) is 5.37. The lowest BCUT2D eigenvalue weighted by Crippen LogP contribution is -2.47. The van der Waals surface area contributed by atoms with E-state index in [0.29, 0.717) is 18.3 Å². The van der Waals surface area contributed by atoms with Crippen LogP contribution in [0.3, 0.4) is 0 Å². The Morgan fingerprint density at radius 1 is 1.11 bits per heavy atom. The fourth-order valence-corrected chi connectivity index (χ4v) is 3.47. The van der Waals surface area contributed by atoms with Crippen LogP contribution in [0.4, 0.5) is 10.5 Å². The maximum atomic E-state index is 12.3. The number of carbonyl (C=O) groups excluding carboxylic acids is 1. The monoisotopic (exact) mass is 380 g/mol. The molecule has 0 radical (unpaired) electrons. The van der Waals surface area contributed by atoms with Gasteiger partial charge in [0.25, 0.3) is 0 Å². The molecule has 0 unspecified atom stereocenters. The Balaban J connectivity index is 1.18. The minimum absolute atomic E-state index is 0.115. The number of benzene rings is 1. The predicted octanol–water partition coefficient (Wildman–Crippen LogP) is 3.34. The summed E-state index contributed by atoms with van der Waals surface area (Å²) in [4.78, 5) is 18.9. The van der Waals surface area contributed by atoms with Crippen LogP contribution in [0.15, 0.2) is 48.7 Å². The van der Waals surface area contributed by atoms with Crippen molar-refractivity contribution in [2.24, 2.45) is 5.92 Å². The second kappa shape index (κ2) is 8.95. The van der Waals surface area contributed by atoms with Gasteiger partial charge in [0.05, 0.1) is 6.61 Å². The summed E-state index contributed by atoms with van der Waals surface area (Å²) < 4.78 is 5.70. The molecule has 2 aliphatic rings. The molecular weight excluding hydrogens is 352 g/mol. The number of amides is 2. The van der Waals surface area contributed by atoms with E-state index < -0.39 is 0 Å². The molecular formula is C22H28N4O2. The molecule has 0 spiro atoms. The Morgan fingerprint density at radius 2 is 1.89 bits per heavy atom. The van der Waals surface area contributed by atoms with E-state index in [1.165, 1.54) is 18.5 Å². The number of hydrogen-bond acceptors (Lipinski definition) is 4. The SMILES string of the molecule is O=C(NCc1ccnc(OCC2CC2)c1)NC1CCN(c2ccccc2)CC1. The van der Waals surface area contributed by atoms with Crippen LogP contribution in [0, 0.1) is 5.92 Å². The number of carbonyl (C=O) groups is 1. The standard InChI is InChI=1S/C22H28N4O2/c27-22(24-15-18-8-11-23-21(14-18)28-16-17-6-7-17)25-19-9-12-26(13-10-19)20-4-2-1-3-5-20/h1-5,8,11,14,17,19H,6-7,9-10,12-13,15-16H2,(H2,24,25,27). The minimum Gasteiger partial charge on any atom is -0.477 e. The molecule has 2 aromatic rings. The second-order valence-corrected chi connectivity index (χ2v) is 7.68. The van der Waals surface area contributed by atoms with Crippen LogP contribution in [-0.2, 0) is 6.54 Å². The van der Waals surface area contributed by atoms with Gasteiger partial charge in [-0.1, -0.05) is 18.2 Å². The Labute approximate surface area is 166 Å². The van der Waals surface area contributed by atoms with Crippen LogP contribution < -0.4 is 20.3 Å². The van der Waals surface area contributed by atoms with Crippen molar-refractivity contribution >= 4 is 11.7 Å². The number of urea groups is 1. The number of hydrogen-bond donors (Lipinski definition) is 2. The zero-order valence-corrected chi connectivity index (χ0v) is 16.1. The number of rotatable bonds is 7. The number of anilines is 1. The first-order chi connectivity index (χ1) is 13.8. The third-order valence-electron chi connectivity index (χ3n) is 5.37. The Bertz CT molecular complexity index is 771. The Kier molecular flexibility index (Phi) is 5.95. The zero-order chi connectivity index (χ0) is 19.2. The average molecular weight is 380 g/mol. The maximum absolute atomic E-state index is 12.3. The second-order valence-electron chi connectivity index (χ2n) is 7.68. The number of piperidine rings is 1. The number of nitrogens with one attached hydrogen (secondary N) is 2. The van der Waals surface area contributed by atoms with Crippen LogP contribution in [0.2, 0.25) is 0 Å². The molecule has 4 rings (SSSR count). The van der Waals surface area contributed by atoms with Gasteiger partial charge in [0.2, 0.25) is 5.88 Å². The van der Waals surface area contributed by atoms with Gasteiger partial charge < -0.3 is 20.3 Å². The summed E-state index contributed by atoms with van der Waals surface area (Å²) >= 11 is 0. The van der Waals surface area contributed by atoms with Crippen molar-refractivity contribution in [3.05, 3.63) is 54.2 Å². The predicted molar refractivity (Wildman–Crippen MR) is 110 cm³/mol. The van der Waals surface area contributed by atoms with Gasteiger partial charge >= 0.3 is 6.03 Å². The molecule has 2 amide bonds. The van der Waals surface area contributed by atoms with E-state index in [4.69, 9.17) is 4.74 Å². The van der Waals surface area contributed by atoms with Gasteiger partial charge in [0.1, 0.15) is 0 Å². The molecule has 6 heteroatoms. The van der Waals surface area contributed by atoms with Crippen LogP contribution in [0.5, 0.6) is 5.88 Å². The topological polar surface area (TPSA) is 66.5 Å². The molecule has 2 heterocycles. The highest BCUT2D eigenvalue weighted by Gasteiger charge is 2.22. The molecule has 2 N–H and O–H groups in total. The molecule has 0 atom stereocenters. The van der Waals surface area contributed by atoms with E-state index in [1.807, 2.05) is 18.2 Å². The fraction of sp³-hybridized carbons (Fsp3) is 0.455. The quantitative estimate of drug-likeness (QED) is 0.773. The van der Waals surface area contributed by atoms with Gasteiger partial charge in [0, 0.05) is 43.6 Å². The van der Waals surface area contributed by atoms with Gasteiger partial charge in [-0.2, -0.15) is 0 Å². The summed E-state index contributed by atoms with van der Waals surface area (Å²) in [6.07, 6.45) is 6.15. The molecule has 2 fully saturated rings. The van der Waals surface area contributed by atoms with E-state index in [0.717, 1.165) is 38.1 Å². The van der Waals surface area contributed by atoms with Crippen molar-refractivity contribution in [3.8, 4) is 5.88 Å². The molecule has 1 aliphatic carbocycles. The van der Waals surface area contributed by atoms with Crippen molar-refractivity contribution < 1.29 is 9.53 Å². The van der Waals surface area contributed by atoms with Gasteiger partial charge in [-0.25, -0.2) is 9.78 Å². The molecule has 1 aliphatic heterocycles. The van der Waals surface area contributed by atoms with Gasteiger partial charge in [0.15, 0.2) is 0 Å². The Morgan fingerprint density at radius 3 is 2.64 bits per heavy atom. The third kappa shape index (κ3) is 5.38. The van der Waals surface area contributed by atoms with Crippen LogP contribution >= 0.6 is 0 Å². The highest BCUT2D eigenvalue weighted by molar-refractivity contribution is 5.74. The van der Waals surface area contributed by atoms with E-state index in [1.54, 1.807) is 6.20 Å². The molecule has 1 aromatic heterocycles. The fourth-order valence-electron chi connectivity index (χ4n) is 3.47. The normalized spacial score (nSPS) is 17.2. The van der Waals surface area contributed by atoms with Crippen molar-refractivity contribution in [3.63, 3.8) is 0 Å². The van der Waals surface area contributed by atoms with E-state index in [2.05, 4.69) is 44.8 Å². The first kappa shape index (κ1) is 18.6. The summed E-state index contributed by atoms with van der Waals surface area (Å²) in [6.45, 7) is 3.13. The van der Waals surface area contributed by atoms with E-state index >= 15 is 0 Å². The smallest absolute Gasteiger partial charge is 0.315 e. The van der Waals surface area contributed by atoms with Gasteiger partial charge in [-0.15, -0.1) is 0 Å². The van der Waals surface area contributed by atoms with Gasteiger partial charge in [-0.3, -0.25) is 0 Å². The summed E-state index contributed by atoms with van der Waals surface area (Å²) in [5.41, 5.74) is 2.25. The molecule has 1 saturated heterocycles. The number of ether oxygens (including phenoxy) is 1. The highest BCUT2D eigenvalue weighted by Crippen LogP contribution is 2.29. The first-order valence-electron chi connectivity index (χ1n) is 10.2. The van der Waals surface area contributed by atoms with Gasteiger partial charge in [-0.05, 0) is 55.4 Å². The van der Waals surface area contributed by atoms with Crippen LogP contribution in [0.1, 0.15) is 31.2 Å². The zero-order valence-electron chi connectivity index (χ0n) is 16.1. The lowest BCUT2D eigenvalue weighted by atomic mass is 10.0. The van der Waals surface area contributed by atoms with Crippen molar-refractivity contribution in [1.29, 1.82) is 0 Å². The molecule has 28 heavy (non-hydrogen) atoms. The molecule has 0 bridgehead atoms. The summed E-state index contributed by atoms with van der Waals surface area (Å²) in [5.74, 6) is 1.34. The van der Waals surface area contributed by atoms with Crippen LogP contribution in [0.25, 0.3) is 0 Å². The molecule has 6 nitrogen and oxygen atoms in total. The van der Waals surface area contributed by atoms with Crippen molar-refractivity contribution in [2.45, 2.75) is 38.3 Å². The average Bonchev–Trinajstić information content (AvgIpc) is 3.57. The summed E-state index contributed by atoms with van der Waals surface area (Å²) in [6, 6.07) is 14.3. The Hall–Kier alpha value is -2.76. The first-order valence-corrected chi connectivity index (χ1v) is 10.2. The minimum atomic E-state index is -0.115. The maximum Gasteiger partial charge on any atom is 0.315 e. The van der Waals surface area contributed by atoms with E-state index in [9.17, 15) is 4.79 Å². The molecule has 148 valence electrons. The van der Waals surface area contributed by atoms with Crippen LogP contribution in [-0.4, -0.2) is 36.8 Å².